The highest BCUT2D eigenvalue weighted by atomic mass is 16.4. The Kier molecular flexibility index (Phi) is 4.14. The maximum Gasteiger partial charge on any atom is 0.315 e. The van der Waals surface area contributed by atoms with Crippen molar-refractivity contribution in [3.63, 3.8) is 0 Å². The van der Waals surface area contributed by atoms with Crippen LogP contribution in [0.2, 0.25) is 0 Å². The predicted molar refractivity (Wildman–Crippen MR) is 51.1 cm³/mol. The lowest BCUT2D eigenvalue weighted by atomic mass is 10.4. The largest absolute Gasteiger partial charge is 0.481 e. The summed E-state index contributed by atoms with van der Waals surface area (Å²) in [5.74, 6) is -0.301. The minimum atomic E-state index is -0.943. The van der Waals surface area contributed by atoms with E-state index >= 15 is 0 Å². The molecule has 0 saturated heterocycles. The predicted octanol–water partition coefficient (Wildman–Crippen LogP) is -0.316. The zero-order chi connectivity index (χ0) is 11.1. The Bertz CT molecular complexity index is 323. The molecule has 1 aromatic rings. The van der Waals surface area contributed by atoms with Gasteiger partial charge in [0.15, 0.2) is 0 Å². The van der Waals surface area contributed by atoms with Crippen molar-refractivity contribution < 1.29 is 14.7 Å². The number of hydrogen-bond donors (Lipinski definition) is 4. The quantitative estimate of drug-likeness (QED) is 0.536. The molecule has 0 spiro atoms. The number of carboxylic acid groups (broad SMARTS) is 1. The third-order valence-electron chi connectivity index (χ3n) is 1.60. The highest BCUT2D eigenvalue weighted by Crippen LogP contribution is 1.86. The molecule has 0 bridgehead atoms. The van der Waals surface area contributed by atoms with Crippen LogP contribution in [0.5, 0.6) is 0 Å². The van der Waals surface area contributed by atoms with E-state index < -0.39 is 12.0 Å². The molecule has 0 fully saturated rings. The number of carbonyl (C=O) groups is 2. The lowest BCUT2D eigenvalue weighted by Gasteiger charge is -2.04. The van der Waals surface area contributed by atoms with E-state index in [4.69, 9.17) is 5.11 Å². The Balaban J connectivity index is 2.11. The number of imidazole rings is 1. The maximum atomic E-state index is 11.1. The summed E-state index contributed by atoms with van der Waals surface area (Å²) in [6, 6.07) is -0.410. The molecule has 0 aliphatic rings. The molecule has 0 saturated carbocycles. The van der Waals surface area contributed by atoms with Gasteiger partial charge in [0.25, 0.3) is 0 Å². The van der Waals surface area contributed by atoms with E-state index in [0.717, 1.165) is 0 Å². The van der Waals surface area contributed by atoms with Gasteiger partial charge < -0.3 is 20.7 Å². The van der Waals surface area contributed by atoms with E-state index in [1.165, 1.54) is 0 Å². The summed E-state index contributed by atoms with van der Waals surface area (Å²) in [4.78, 5) is 27.9. The third-order valence-corrected chi connectivity index (χ3v) is 1.60. The van der Waals surface area contributed by atoms with Crippen molar-refractivity contribution in [1.82, 2.24) is 20.6 Å². The van der Waals surface area contributed by atoms with Gasteiger partial charge in [-0.25, -0.2) is 9.78 Å². The first-order valence-electron chi connectivity index (χ1n) is 4.40. The third kappa shape index (κ3) is 4.65. The Labute approximate surface area is 85.9 Å². The normalized spacial score (nSPS) is 9.60. The fourth-order valence-corrected chi connectivity index (χ4v) is 0.904. The van der Waals surface area contributed by atoms with Gasteiger partial charge in [-0.2, -0.15) is 0 Å². The minimum Gasteiger partial charge on any atom is -0.481 e. The van der Waals surface area contributed by atoms with Crippen LogP contribution in [0.3, 0.4) is 0 Å². The molecule has 1 rings (SSSR count). The van der Waals surface area contributed by atoms with Gasteiger partial charge in [-0.3, -0.25) is 4.79 Å². The molecule has 82 valence electrons. The first-order valence-corrected chi connectivity index (χ1v) is 4.40. The van der Waals surface area contributed by atoms with Gasteiger partial charge in [-0.1, -0.05) is 0 Å². The summed E-state index contributed by atoms with van der Waals surface area (Å²) in [6.07, 6.45) is 3.15. The zero-order valence-electron chi connectivity index (χ0n) is 7.99. The SMILES string of the molecule is O=C(O)CCNC(=O)NCc1ncc[nH]1. The molecule has 7 heteroatoms. The van der Waals surface area contributed by atoms with Crippen molar-refractivity contribution in [2.75, 3.05) is 6.54 Å². The second kappa shape index (κ2) is 5.63. The van der Waals surface area contributed by atoms with Crippen LogP contribution in [0.25, 0.3) is 0 Å². The second-order valence-electron chi connectivity index (χ2n) is 2.79. The highest BCUT2D eigenvalue weighted by Gasteiger charge is 2.02. The van der Waals surface area contributed by atoms with E-state index in [9.17, 15) is 9.59 Å². The monoisotopic (exact) mass is 212 g/mol. The smallest absolute Gasteiger partial charge is 0.315 e. The number of carboxylic acids is 1. The Morgan fingerprint density at radius 2 is 2.27 bits per heavy atom. The number of hydrogen-bond acceptors (Lipinski definition) is 3. The van der Waals surface area contributed by atoms with Crippen LogP contribution in [0, 0.1) is 0 Å². The maximum absolute atomic E-state index is 11.1. The molecule has 0 aromatic carbocycles. The number of nitrogens with one attached hydrogen (secondary N) is 3. The van der Waals surface area contributed by atoms with Crippen LogP contribution >= 0.6 is 0 Å². The van der Waals surface area contributed by atoms with E-state index in [0.29, 0.717) is 5.82 Å². The zero-order valence-corrected chi connectivity index (χ0v) is 7.99. The van der Waals surface area contributed by atoms with Crippen molar-refractivity contribution in [1.29, 1.82) is 0 Å². The van der Waals surface area contributed by atoms with E-state index in [2.05, 4.69) is 20.6 Å². The van der Waals surface area contributed by atoms with E-state index in [-0.39, 0.29) is 19.5 Å². The lowest BCUT2D eigenvalue weighted by Crippen LogP contribution is -2.36. The number of aromatic amines is 1. The molecule has 1 heterocycles. The van der Waals surface area contributed by atoms with Gasteiger partial charge in [0.1, 0.15) is 5.82 Å². The first-order chi connectivity index (χ1) is 7.18. The summed E-state index contributed by atoms with van der Waals surface area (Å²) in [5, 5.41) is 13.2. The molecule has 0 atom stereocenters. The number of amides is 2. The van der Waals surface area contributed by atoms with Gasteiger partial charge in [0, 0.05) is 18.9 Å². The molecule has 0 aliphatic heterocycles. The molecule has 0 aliphatic carbocycles. The molecule has 2 amide bonds. The van der Waals surface area contributed by atoms with Crippen molar-refractivity contribution in [3.05, 3.63) is 18.2 Å². The minimum absolute atomic E-state index is 0.0891. The topological polar surface area (TPSA) is 107 Å². The molecule has 4 N–H and O–H groups in total. The fraction of sp³-hybridized carbons (Fsp3) is 0.375. The molecule has 15 heavy (non-hydrogen) atoms. The van der Waals surface area contributed by atoms with Crippen molar-refractivity contribution in [2.24, 2.45) is 0 Å². The van der Waals surface area contributed by atoms with Crippen LogP contribution in [-0.2, 0) is 11.3 Å². The number of urea groups is 1. The summed E-state index contributed by atoms with van der Waals surface area (Å²) in [5.41, 5.74) is 0. The Hall–Kier alpha value is -2.05. The summed E-state index contributed by atoms with van der Waals surface area (Å²) in [7, 11) is 0. The number of rotatable bonds is 5. The first kappa shape index (κ1) is 11.0. The van der Waals surface area contributed by atoms with Gasteiger partial charge in [0.05, 0.1) is 13.0 Å². The number of carbonyl (C=O) groups excluding carboxylic acids is 1. The molecule has 7 nitrogen and oxygen atoms in total. The number of aromatic nitrogens is 2. The standard InChI is InChI=1S/C8H12N4O3/c13-7(14)1-2-11-8(15)12-5-6-9-3-4-10-6/h3-4H,1-2,5H2,(H,9,10)(H,13,14)(H2,11,12,15). The van der Waals surface area contributed by atoms with E-state index in [1.54, 1.807) is 12.4 Å². The number of H-pyrrole nitrogens is 1. The van der Waals surface area contributed by atoms with E-state index in [1.807, 2.05) is 0 Å². The number of aliphatic carboxylic acids is 1. The molecular formula is C8H12N4O3. The Morgan fingerprint density at radius 3 is 2.87 bits per heavy atom. The number of nitrogens with zero attached hydrogens (tertiary/aromatic N) is 1. The summed E-state index contributed by atoms with van der Waals surface area (Å²) < 4.78 is 0. The fourth-order valence-electron chi connectivity index (χ4n) is 0.904. The highest BCUT2D eigenvalue weighted by molar-refractivity contribution is 5.74. The van der Waals surface area contributed by atoms with Crippen molar-refractivity contribution in [2.45, 2.75) is 13.0 Å². The van der Waals surface area contributed by atoms with Gasteiger partial charge in [-0.05, 0) is 0 Å². The lowest BCUT2D eigenvalue weighted by molar-refractivity contribution is -0.136. The van der Waals surface area contributed by atoms with Crippen LogP contribution in [0.1, 0.15) is 12.2 Å². The molecule has 0 unspecified atom stereocenters. The summed E-state index contributed by atoms with van der Waals surface area (Å²) in [6.45, 7) is 0.394. The van der Waals surface area contributed by atoms with Crippen LogP contribution in [-0.4, -0.2) is 33.6 Å². The average Bonchev–Trinajstić information content (AvgIpc) is 2.66. The summed E-state index contributed by atoms with van der Waals surface area (Å²) >= 11 is 0. The molecule has 0 radical (unpaired) electrons. The van der Waals surface area contributed by atoms with Gasteiger partial charge in [0.2, 0.25) is 0 Å². The second-order valence-corrected chi connectivity index (χ2v) is 2.79. The molecular weight excluding hydrogens is 200 g/mol. The average molecular weight is 212 g/mol. The van der Waals surface area contributed by atoms with Gasteiger partial charge >= 0.3 is 12.0 Å². The van der Waals surface area contributed by atoms with Crippen LogP contribution < -0.4 is 10.6 Å². The van der Waals surface area contributed by atoms with Crippen LogP contribution in [0.4, 0.5) is 4.79 Å². The molecule has 1 aromatic heterocycles. The van der Waals surface area contributed by atoms with Gasteiger partial charge in [-0.15, -0.1) is 0 Å². The Morgan fingerprint density at radius 1 is 1.47 bits per heavy atom. The van der Waals surface area contributed by atoms with Crippen LogP contribution in [0.15, 0.2) is 12.4 Å². The van der Waals surface area contributed by atoms with Crippen molar-refractivity contribution >= 4 is 12.0 Å². The van der Waals surface area contributed by atoms with Crippen molar-refractivity contribution in [3.8, 4) is 0 Å².